The highest BCUT2D eigenvalue weighted by Crippen LogP contribution is 2.23. The summed E-state index contributed by atoms with van der Waals surface area (Å²) in [6, 6.07) is 7.72. The molecule has 7 heteroatoms. The van der Waals surface area contributed by atoms with Crippen molar-refractivity contribution in [2.45, 2.75) is 25.3 Å². The number of benzene rings is 1. The van der Waals surface area contributed by atoms with Crippen LogP contribution in [0.2, 0.25) is 0 Å². The van der Waals surface area contributed by atoms with Crippen molar-refractivity contribution in [3.8, 4) is 0 Å². The molecule has 1 aromatic heterocycles. The van der Waals surface area contributed by atoms with E-state index in [-0.39, 0.29) is 24.4 Å². The van der Waals surface area contributed by atoms with E-state index in [0.717, 1.165) is 18.2 Å². The minimum Gasteiger partial charge on any atom is -0.333 e. The summed E-state index contributed by atoms with van der Waals surface area (Å²) < 4.78 is 26.2. The van der Waals surface area contributed by atoms with Crippen LogP contribution < -0.4 is 5.32 Å². The largest absolute Gasteiger partial charge is 0.333 e. The van der Waals surface area contributed by atoms with Crippen LogP contribution in [0.4, 0.5) is 8.78 Å². The lowest BCUT2D eigenvalue weighted by Crippen LogP contribution is -2.48. The van der Waals surface area contributed by atoms with Gasteiger partial charge in [0.05, 0.1) is 6.04 Å². The molecule has 0 saturated carbocycles. The minimum absolute atomic E-state index is 0. The van der Waals surface area contributed by atoms with Crippen LogP contribution >= 0.6 is 12.4 Å². The summed E-state index contributed by atoms with van der Waals surface area (Å²) in [5, 5.41) is 3.31. The number of piperazine rings is 1. The van der Waals surface area contributed by atoms with Crippen LogP contribution in [0.5, 0.6) is 0 Å². The molecule has 4 nitrogen and oxygen atoms in total. The zero-order valence-electron chi connectivity index (χ0n) is 14.3. The normalized spacial score (nSPS) is 16.8. The molecular formula is C19H22ClF2N3O. The predicted molar refractivity (Wildman–Crippen MR) is 98.1 cm³/mol. The first-order valence-corrected chi connectivity index (χ1v) is 8.49. The van der Waals surface area contributed by atoms with Crippen molar-refractivity contribution < 1.29 is 13.6 Å². The van der Waals surface area contributed by atoms with Gasteiger partial charge < -0.3 is 10.2 Å². The fraction of sp³-hybridized carbons (Fsp3) is 0.368. The number of pyridine rings is 1. The third kappa shape index (κ3) is 4.99. The number of nitrogens with zero attached hydrogens (tertiary/aromatic N) is 2. The SMILES string of the molecule is Cl.O=C(CCCc1ccc(F)c(F)c1)N1CCNCC1c1cccnc1. The molecule has 1 amide bonds. The van der Waals surface area contributed by atoms with E-state index in [9.17, 15) is 13.6 Å². The smallest absolute Gasteiger partial charge is 0.223 e. The van der Waals surface area contributed by atoms with Crippen molar-refractivity contribution in [3.05, 3.63) is 65.5 Å². The molecule has 0 aliphatic carbocycles. The van der Waals surface area contributed by atoms with Gasteiger partial charge in [0, 0.05) is 38.4 Å². The topological polar surface area (TPSA) is 45.2 Å². The fourth-order valence-corrected chi connectivity index (χ4v) is 3.16. The maximum Gasteiger partial charge on any atom is 0.223 e. The van der Waals surface area contributed by atoms with Crippen LogP contribution in [-0.4, -0.2) is 35.4 Å². The molecule has 1 aliphatic rings. The molecule has 0 spiro atoms. The fourth-order valence-electron chi connectivity index (χ4n) is 3.16. The van der Waals surface area contributed by atoms with Gasteiger partial charge in [-0.25, -0.2) is 8.78 Å². The Labute approximate surface area is 158 Å². The van der Waals surface area contributed by atoms with Crippen molar-refractivity contribution in [3.63, 3.8) is 0 Å². The van der Waals surface area contributed by atoms with Crippen LogP contribution in [0.3, 0.4) is 0 Å². The van der Waals surface area contributed by atoms with E-state index < -0.39 is 11.6 Å². The average molecular weight is 382 g/mol. The molecule has 140 valence electrons. The summed E-state index contributed by atoms with van der Waals surface area (Å²) in [6.07, 6.45) is 5.04. The molecule has 1 unspecified atom stereocenters. The van der Waals surface area contributed by atoms with Crippen LogP contribution in [0.25, 0.3) is 0 Å². The van der Waals surface area contributed by atoms with Gasteiger partial charge in [-0.05, 0) is 42.2 Å². The van der Waals surface area contributed by atoms with Gasteiger partial charge in [-0.1, -0.05) is 12.1 Å². The van der Waals surface area contributed by atoms with Crippen molar-refractivity contribution in [2.75, 3.05) is 19.6 Å². The van der Waals surface area contributed by atoms with E-state index in [1.165, 1.54) is 6.07 Å². The number of nitrogens with one attached hydrogen (secondary N) is 1. The molecule has 2 aromatic rings. The number of hydrogen-bond donors (Lipinski definition) is 1. The molecule has 3 rings (SSSR count). The summed E-state index contributed by atoms with van der Waals surface area (Å²) in [4.78, 5) is 18.7. The van der Waals surface area contributed by atoms with Crippen molar-refractivity contribution in [2.24, 2.45) is 0 Å². The monoisotopic (exact) mass is 381 g/mol. The summed E-state index contributed by atoms with van der Waals surface area (Å²) in [7, 11) is 0. The molecule has 1 aromatic carbocycles. The zero-order valence-corrected chi connectivity index (χ0v) is 15.1. The molecule has 1 atom stereocenters. The van der Waals surface area contributed by atoms with Crippen LogP contribution in [0.1, 0.15) is 30.0 Å². The third-order valence-corrected chi connectivity index (χ3v) is 4.47. The van der Waals surface area contributed by atoms with E-state index in [1.54, 1.807) is 18.5 Å². The van der Waals surface area contributed by atoms with Gasteiger partial charge >= 0.3 is 0 Å². The first-order chi connectivity index (χ1) is 12.1. The first kappa shape index (κ1) is 20.3. The second-order valence-corrected chi connectivity index (χ2v) is 6.20. The van der Waals surface area contributed by atoms with E-state index in [4.69, 9.17) is 0 Å². The number of carbonyl (C=O) groups is 1. The maximum atomic E-state index is 13.2. The van der Waals surface area contributed by atoms with Gasteiger partial charge in [-0.15, -0.1) is 12.4 Å². The highest BCUT2D eigenvalue weighted by Gasteiger charge is 2.27. The van der Waals surface area contributed by atoms with Gasteiger partial charge in [0.2, 0.25) is 5.91 Å². The Hall–Kier alpha value is -2.05. The van der Waals surface area contributed by atoms with Crippen LogP contribution in [-0.2, 0) is 11.2 Å². The van der Waals surface area contributed by atoms with Crippen molar-refractivity contribution in [1.82, 2.24) is 15.2 Å². The Bertz CT molecular complexity index is 730. The second kappa shape index (κ2) is 9.59. The Balaban J connectivity index is 0.00000243. The van der Waals surface area contributed by atoms with Gasteiger partial charge in [-0.3, -0.25) is 9.78 Å². The van der Waals surface area contributed by atoms with Gasteiger partial charge in [0.1, 0.15) is 0 Å². The van der Waals surface area contributed by atoms with E-state index in [2.05, 4.69) is 10.3 Å². The summed E-state index contributed by atoms with van der Waals surface area (Å²) >= 11 is 0. The Kier molecular flexibility index (Phi) is 7.48. The second-order valence-electron chi connectivity index (χ2n) is 6.20. The molecule has 1 N–H and O–H groups in total. The number of rotatable bonds is 5. The lowest BCUT2D eigenvalue weighted by atomic mass is 10.0. The number of carbonyl (C=O) groups excluding carboxylic acids is 1. The number of aromatic nitrogens is 1. The molecule has 0 bridgehead atoms. The van der Waals surface area contributed by atoms with Gasteiger partial charge in [0.25, 0.3) is 0 Å². The molecule has 2 heterocycles. The standard InChI is InChI=1S/C19H21F2N3O.ClH/c20-16-7-6-14(11-17(16)21)3-1-5-19(25)24-10-9-23-13-18(24)15-4-2-8-22-12-15;/h2,4,6-8,11-12,18,23H,1,3,5,9-10,13H2;1H. The number of amides is 1. The van der Waals surface area contributed by atoms with Crippen molar-refractivity contribution >= 4 is 18.3 Å². The number of aryl methyl sites for hydroxylation is 1. The molecule has 1 saturated heterocycles. The predicted octanol–water partition coefficient (Wildman–Crippen LogP) is 3.28. The third-order valence-electron chi connectivity index (χ3n) is 4.47. The van der Waals surface area contributed by atoms with Crippen LogP contribution in [0.15, 0.2) is 42.7 Å². The Morgan fingerprint density at radius 3 is 2.85 bits per heavy atom. The lowest BCUT2D eigenvalue weighted by Gasteiger charge is -2.36. The van der Waals surface area contributed by atoms with E-state index >= 15 is 0 Å². The summed E-state index contributed by atoms with van der Waals surface area (Å²) in [5.74, 6) is -1.61. The highest BCUT2D eigenvalue weighted by atomic mass is 35.5. The first-order valence-electron chi connectivity index (χ1n) is 8.49. The van der Waals surface area contributed by atoms with Gasteiger partial charge in [-0.2, -0.15) is 0 Å². The quantitative estimate of drug-likeness (QED) is 0.864. The Morgan fingerprint density at radius 1 is 1.27 bits per heavy atom. The molecule has 1 aliphatic heterocycles. The lowest BCUT2D eigenvalue weighted by molar-refractivity contribution is -0.134. The minimum atomic E-state index is -0.847. The maximum absolute atomic E-state index is 13.2. The molecule has 1 fully saturated rings. The Morgan fingerprint density at radius 2 is 2.12 bits per heavy atom. The molecular weight excluding hydrogens is 360 g/mol. The number of hydrogen-bond acceptors (Lipinski definition) is 3. The summed E-state index contributed by atoms with van der Waals surface area (Å²) in [5.41, 5.74) is 1.72. The van der Waals surface area contributed by atoms with Crippen LogP contribution in [0, 0.1) is 11.6 Å². The highest BCUT2D eigenvalue weighted by molar-refractivity contribution is 5.85. The van der Waals surface area contributed by atoms with Gasteiger partial charge in [0.15, 0.2) is 11.6 Å². The summed E-state index contributed by atoms with van der Waals surface area (Å²) in [6.45, 7) is 2.13. The van der Waals surface area contributed by atoms with Crippen molar-refractivity contribution in [1.29, 1.82) is 0 Å². The van der Waals surface area contributed by atoms with E-state index in [1.807, 2.05) is 17.0 Å². The van der Waals surface area contributed by atoms with E-state index in [0.29, 0.717) is 37.9 Å². The average Bonchev–Trinajstić information content (AvgIpc) is 2.65. The zero-order chi connectivity index (χ0) is 17.6. The molecule has 26 heavy (non-hydrogen) atoms. The number of halogens is 3. The molecule has 0 radical (unpaired) electrons.